The van der Waals surface area contributed by atoms with Crippen LogP contribution in [0.4, 0.5) is 0 Å². The highest BCUT2D eigenvalue weighted by atomic mass is 16.1. The summed E-state index contributed by atoms with van der Waals surface area (Å²) < 4.78 is 0. The Hall–Kier alpha value is -0.570. The molecule has 2 aliphatic rings. The van der Waals surface area contributed by atoms with Crippen LogP contribution in [0.15, 0.2) is 0 Å². The van der Waals surface area contributed by atoms with E-state index in [1.165, 1.54) is 32.4 Å². The average Bonchev–Trinajstić information content (AvgIpc) is 2.79. The zero-order chi connectivity index (χ0) is 12.7. The van der Waals surface area contributed by atoms with Crippen LogP contribution in [-0.4, -0.2) is 37.5 Å². The molecule has 3 nitrogen and oxygen atoms in total. The zero-order valence-corrected chi connectivity index (χ0v) is 11.6. The van der Waals surface area contributed by atoms with Crippen LogP contribution in [0.3, 0.4) is 0 Å². The maximum atomic E-state index is 10.3. The van der Waals surface area contributed by atoms with E-state index < -0.39 is 0 Å². The Kier molecular flexibility index (Phi) is 6.56. The zero-order valence-electron chi connectivity index (χ0n) is 11.6. The SMILES string of the molecule is CC(C)C1CCN(C=O)C1.CC1CCNCC1. The maximum absolute atomic E-state index is 10.3. The molecule has 1 N–H and O–H groups in total. The van der Waals surface area contributed by atoms with E-state index in [1.54, 1.807) is 0 Å². The van der Waals surface area contributed by atoms with Crippen molar-refractivity contribution in [3.8, 4) is 0 Å². The second kappa shape index (κ2) is 7.70. The van der Waals surface area contributed by atoms with Crippen molar-refractivity contribution in [1.29, 1.82) is 0 Å². The molecule has 0 saturated carbocycles. The smallest absolute Gasteiger partial charge is 0.209 e. The normalized spacial score (nSPS) is 25.6. The molecule has 0 aromatic carbocycles. The monoisotopic (exact) mass is 240 g/mol. The number of amides is 1. The molecule has 0 aromatic rings. The van der Waals surface area contributed by atoms with Crippen LogP contribution in [0.5, 0.6) is 0 Å². The van der Waals surface area contributed by atoms with E-state index in [0.717, 1.165) is 37.3 Å². The van der Waals surface area contributed by atoms with Crippen molar-refractivity contribution in [3.05, 3.63) is 0 Å². The lowest BCUT2D eigenvalue weighted by molar-refractivity contribution is -0.117. The van der Waals surface area contributed by atoms with Gasteiger partial charge in [0.2, 0.25) is 6.41 Å². The molecular weight excluding hydrogens is 212 g/mol. The number of rotatable bonds is 2. The third kappa shape index (κ3) is 5.53. The van der Waals surface area contributed by atoms with Crippen LogP contribution in [-0.2, 0) is 4.79 Å². The van der Waals surface area contributed by atoms with E-state index in [0.29, 0.717) is 0 Å². The molecule has 17 heavy (non-hydrogen) atoms. The van der Waals surface area contributed by atoms with Gasteiger partial charge in [-0.2, -0.15) is 0 Å². The first kappa shape index (κ1) is 14.5. The number of carbonyl (C=O) groups excluding carboxylic acids is 1. The molecule has 2 rings (SSSR count). The van der Waals surface area contributed by atoms with E-state index in [2.05, 4.69) is 26.1 Å². The third-order valence-corrected chi connectivity index (χ3v) is 3.98. The Balaban J connectivity index is 0.000000181. The summed E-state index contributed by atoms with van der Waals surface area (Å²) in [7, 11) is 0. The molecule has 1 unspecified atom stereocenters. The van der Waals surface area contributed by atoms with Crippen molar-refractivity contribution in [3.63, 3.8) is 0 Å². The van der Waals surface area contributed by atoms with Gasteiger partial charge in [-0.1, -0.05) is 20.8 Å². The van der Waals surface area contributed by atoms with Crippen molar-refractivity contribution in [2.75, 3.05) is 26.2 Å². The van der Waals surface area contributed by atoms with Crippen molar-refractivity contribution in [2.45, 2.75) is 40.0 Å². The summed E-state index contributed by atoms with van der Waals surface area (Å²) in [6, 6.07) is 0. The van der Waals surface area contributed by atoms with Crippen LogP contribution in [0.2, 0.25) is 0 Å². The summed E-state index contributed by atoms with van der Waals surface area (Å²) in [6.45, 7) is 11.2. The van der Waals surface area contributed by atoms with Gasteiger partial charge in [-0.15, -0.1) is 0 Å². The molecule has 0 spiro atoms. The lowest BCUT2D eigenvalue weighted by Gasteiger charge is -2.17. The fraction of sp³-hybridized carbons (Fsp3) is 0.929. The molecule has 2 heterocycles. The lowest BCUT2D eigenvalue weighted by Crippen LogP contribution is -2.26. The molecule has 2 saturated heterocycles. The first-order valence-electron chi connectivity index (χ1n) is 7.03. The molecule has 0 radical (unpaired) electrons. The van der Waals surface area contributed by atoms with Gasteiger partial charge in [0.1, 0.15) is 0 Å². The topological polar surface area (TPSA) is 32.3 Å². The maximum Gasteiger partial charge on any atom is 0.209 e. The summed E-state index contributed by atoms with van der Waals surface area (Å²) in [5.41, 5.74) is 0. The van der Waals surface area contributed by atoms with E-state index in [4.69, 9.17) is 0 Å². The number of hydrogen-bond acceptors (Lipinski definition) is 2. The van der Waals surface area contributed by atoms with Gasteiger partial charge in [0.15, 0.2) is 0 Å². The highest BCUT2D eigenvalue weighted by Gasteiger charge is 2.23. The Morgan fingerprint density at radius 1 is 1.24 bits per heavy atom. The lowest BCUT2D eigenvalue weighted by atomic mass is 9.95. The summed E-state index contributed by atoms with van der Waals surface area (Å²) in [5, 5.41) is 3.32. The first-order valence-corrected chi connectivity index (χ1v) is 7.03. The van der Waals surface area contributed by atoms with E-state index in [9.17, 15) is 4.79 Å². The molecule has 1 atom stereocenters. The van der Waals surface area contributed by atoms with Gasteiger partial charge in [0.25, 0.3) is 0 Å². The third-order valence-electron chi connectivity index (χ3n) is 3.98. The van der Waals surface area contributed by atoms with Crippen molar-refractivity contribution in [2.24, 2.45) is 17.8 Å². The average molecular weight is 240 g/mol. The number of hydrogen-bond donors (Lipinski definition) is 1. The van der Waals surface area contributed by atoms with Gasteiger partial charge in [-0.05, 0) is 50.1 Å². The Morgan fingerprint density at radius 2 is 1.88 bits per heavy atom. The van der Waals surface area contributed by atoms with Crippen LogP contribution >= 0.6 is 0 Å². The Bertz CT molecular complexity index is 212. The second-order valence-electron chi connectivity index (χ2n) is 5.83. The molecule has 0 aromatic heterocycles. The van der Waals surface area contributed by atoms with Gasteiger partial charge in [0, 0.05) is 13.1 Å². The van der Waals surface area contributed by atoms with Gasteiger partial charge in [-0.25, -0.2) is 0 Å². The highest BCUT2D eigenvalue weighted by molar-refractivity contribution is 5.47. The van der Waals surface area contributed by atoms with Gasteiger partial charge < -0.3 is 10.2 Å². The van der Waals surface area contributed by atoms with Gasteiger partial charge in [-0.3, -0.25) is 4.79 Å². The number of nitrogens with one attached hydrogen (secondary N) is 1. The van der Waals surface area contributed by atoms with E-state index >= 15 is 0 Å². The molecule has 3 heteroatoms. The minimum absolute atomic E-state index is 0.727. The number of likely N-dealkylation sites (tertiary alicyclic amines) is 1. The van der Waals surface area contributed by atoms with Crippen molar-refractivity contribution < 1.29 is 4.79 Å². The largest absolute Gasteiger partial charge is 0.345 e. The molecule has 0 aliphatic carbocycles. The molecule has 2 aliphatic heterocycles. The Morgan fingerprint density at radius 3 is 2.18 bits per heavy atom. The summed E-state index contributed by atoms with van der Waals surface area (Å²) in [6.07, 6.45) is 4.90. The standard InChI is InChI=1S/C8H15NO.C6H13N/c1-7(2)8-3-4-9(5-8)6-10;1-6-2-4-7-5-3-6/h6-8H,3-5H2,1-2H3;6-7H,2-5H2,1H3. The quantitative estimate of drug-likeness (QED) is 0.750. The molecule has 1 amide bonds. The predicted octanol–water partition coefficient (Wildman–Crippen LogP) is 2.13. The van der Waals surface area contributed by atoms with E-state index in [1.807, 2.05) is 4.90 Å². The predicted molar refractivity (Wildman–Crippen MR) is 71.8 cm³/mol. The minimum atomic E-state index is 0.727. The summed E-state index contributed by atoms with van der Waals surface area (Å²) >= 11 is 0. The molecule has 0 bridgehead atoms. The fourth-order valence-corrected chi connectivity index (χ4v) is 2.42. The molecule has 100 valence electrons. The van der Waals surface area contributed by atoms with Crippen molar-refractivity contribution >= 4 is 6.41 Å². The number of nitrogens with zero attached hydrogens (tertiary/aromatic N) is 1. The van der Waals surface area contributed by atoms with Crippen LogP contribution in [0.25, 0.3) is 0 Å². The Labute approximate surface area is 106 Å². The van der Waals surface area contributed by atoms with Gasteiger partial charge in [0.05, 0.1) is 0 Å². The molecule has 2 fully saturated rings. The fourth-order valence-electron chi connectivity index (χ4n) is 2.42. The minimum Gasteiger partial charge on any atom is -0.345 e. The van der Waals surface area contributed by atoms with Crippen LogP contribution in [0, 0.1) is 17.8 Å². The molecular formula is C14H28N2O. The summed E-state index contributed by atoms with van der Waals surface area (Å²) in [4.78, 5) is 12.2. The second-order valence-corrected chi connectivity index (χ2v) is 5.83. The number of carbonyl (C=O) groups is 1. The van der Waals surface area contributed by atoms with Crippen molar-refractivity contribution in [1.82, 2.24) is 10.2 Å². The van der Waals surface area contributed by atoms with Crippen LogP contribution < -0.4 is 5.32 Å². The van der Waals surface area contributed by atoms with Crippen LogP contribution in [0.1, 0.15) is 40.0 Å². The first-order chi connectivity index (χ1) is 8.13. The summed E-state index contributed by atoms with van der Waals surface area (Å²) in [5.74, 6) is 2.44. The van der Waals surface area contributed by atoms with E-state index in [-0.39, 0.29) is 0 Å². The highest BCUT2D eigenvalue weighted by Crippen LogP contribution is 2.21. The number of piperidine rings is 1. The van der Waals surface area contributed by atoms with Gasteiger partial charge >= 0.3 is 0 Å².